The molecule has 1 amide bonds. The quantitative estimate of drug-likeness (QED) is 0.783. The van der Waals surface area contributed by atoms with Crippen LogP contribution < -0.4 is 4.90 Å². The Morgan fingerprint density at radius 2 is 2.22 bits per heavy atom. The summed E-state index contributed by atoms with van der Waals surface area (Å²) in [4.78, 5) is 22.6. The van der Waals surface area contributed by atoms with Crippen LogP contribution in [0.5, 0.6) is 0 Å². The summed E-state index contributed by atoms with van der Waals surface area (Å²) in [6, 6.07) is 1.41. The van der Waals surface area contributed by atoms with Gasteiger partial charge in [0.05, 0.1) is 11.9 Å². The van der Waals surface area contributed by atoms with E-state index in [2.05, 4.69) is 9.97 Å². The number of thioether (sulfide) groups is 1. The summed E-state index contributed by atoms with van der Waals surface area (Å²) >= 11 is 3.07. The third-order valence-electron chi connectivity index (χ3n) is 3.45. The van der Waals surface area contributed by atoms with E-state index in [-0.39, 0.29) is 11.2 Å². The van der Waals surface area contributed by atoms with Crippen LogP contribution in [0.1, 0.15) is 26.0 Å². The van der Waals surface area contributed by atoms with Crippen molar-refractivity contribution in [3.8, 4) is 10.6 Å². The van der Waals surface area contributed by atoms with Crippen molar-refractivity contribution in [2.24, 2.45) is 0 Å². The molecule has 2 aromatic heterocycles. The summed E-state index contributed by atoms with van der Waals surface area (Å²) < 4.78 is 13.3. The molecule has 0 radical (unpaired) electrons. The number of thiazole rings is 1. The van der Waals surface area contributed by atoms with Crippen molar-refractivity contribution in [2.45, 2.75) is 32.4 Å². The molecule has 0 aromatic carbocycles. The molecular weight excluding hydrogens is 333 g/mol. The topological polar surface area (TPSA) is 46.1 Å². The highest BCUT2D eigenvalue weighted by Crippen LogP contribution is 2.34. The third kappa shape index (κ3) is 4.29. The monoisotopic (exact) mass is 353 g/mol. The first-order chi connectivity index (χ1) is 11.0. The molecule has 0 aliphatic carbocycles. The molecule has 1 atom stereocenters. The summed E-state index contributed by atoms with van der Waals surface area (Å²) in [6.45, 7) is 6.45. The maximum Gasteiger partial charge on any atom is 0.228 e. The number of pyridine rings is 1. The predicted molar refractivity (Wildman–Crippen MR) is 95.7 cm³/mol. The second-order valence-corrected chi connectivity index (χ2v) is 7.44. The Hall–Kier alpha value is -1.47. The molecule has 124 valence electrons. The molecule has 0 saturated heterocycles. The number of rotatable bonds is 6. The van der Waals surface area contributed by atoms with Gasteiger partial charge in [-0.3, -0.25) is 9.78 Å². The van der Waals surface area contributed by atoms with Crippen LogP contribution in [0, 0.1) is 12.7 Å². The minimum absolute atomic E-state index is 0.0880. The summed E-state index contributed by atoms with van der Waals surface area (Å²) in [5.41, 5.74) is 1.41. The molecule has 1 unspecified atom stereocenters. The van der Waals surface area contributed by atoms with E-state index < -0.39 is 5.82 Å². The highest BCUT2D eigenvalue weighted by molar-refractivity contribution is 7.99. The smallest absolute Gasteiger partial charge is 0.228 e. The van der Waals surface area contributed by atoms with E-state index in [1.807, 2.05) is 27.0 Å². The summed E-state index contributed by atoms with van der Waals surface area (Å²) in [6.07, 6.45) is 5.24. The van der Waals surface area contributed by atoms with Crippen LogP contribution in [0.3, 0.4) is 0 Å². The molecule has 0 bridgehead atoms. The first-order valence-corrected chi connectivity index (χ1v) is 9.48. The van der Waals surface area contributed by atoms with Crippen molar-refractivity contribution in [3.05, 3.63) is 30.0 Å². The van der Waals surface area contributed by atoms with E-state index in [1.54, 1.807) is 22.9 Å². The van der Waals surface area contributed by atoms with E-state index in [4.69, 9.17) is 0 Å². The third-order valence-corrected chi connectivity index (χ3v) is 5.65. The highest BCUT2D eigenvalue weighted by Gasteiger charge is 2.22. The number of carbonyl (C=O) groups excluding carboxylic acids is 1. The zero-order valence-electron chi connectivity index (χ0n) is 13.7. The first-order valence-electron chi connectivity index (χ1n) is 7.37. The molecule has 23 heavy (non-hydrogen) atoms. The Labute approximate surface area is 144 Å². The van der Waals surface area contributed by atoms with Crippen LogP contribution in [0.2, 0.25) is 0 Å². The van der Waals surface area contributed by atoms with Gasteiger partial charge in [-0.25, -0.2) is 9.37 Å². The van der Waals surface area contributed by atoms with Crippen molar-refractivity contribution >= 4 is 34.0 Å². The van der Waals surface area contributed by atoms with Crippen molar-refractivity contribution in [2.75, 3.05) is 17.7 Å². The number of amides is 1. The van der Waals surface area contributed by atoms with Crippen LogP contribution >= 0.6 is 23.1 Å². The van der Waals surface area contributed by atoms with E-state index in [0.29, 0.717) is 23.5 Å². The summed E-state index contributed by atoms with van der Waals surface area (Å²) in [5, 5.41) is 1.77. The second kappa shape index (κ2) is 7.88. The van der Waals surface area contributed by atoms with Crippen LogP contribution in [-0.4, -0.2) is 33.9 Å². The van der Waals surface area contributed by atoms with Crippen LogP contribution in [0.15, 0.2) is 18.5 Å². The zero-order chi connectivity index (χ0) is 17.0. The van der Waals surface area contributed by atoms with Gasteiger partial charge in [0.15, 0.2) is 0 Å². The van der Waals surface area contributed by atoms with Crippen LogP contribution in [0.4, 0.5) is 9.39 Å². The molecule has 0 saturated carbocycles. The van der Waals surface area contributed by atoms with Gasteiger partial charge in [-0.2, -0.15) is 11.8 Å². The maximum absolute atomic E-state index is 13.3. The number of nitrogens with zero attached hydrogens (tertiary/aromatic N) is 3. The van der Waals surface area contributed by atoms with Gasteiger partial charge in [0, 0.05) is 30.0 Å². The molecule has 2 rings (SSSR count). The summed E-state index contributed by atoms with van der Waals surface area (Å²) in [5.74, 6) is -0.306. The van der Waals surface area contributed by atoms with Gasteiger partial charge in [-0.15, -0.1) is 0 Å². The molecule has 0 fully saturated rings. The summed E-state index contributed by atoms with van der Waals surface area (Å²) in [7, 11) is 0. The van der Waals surface area contributed by atoms with Crippen molar-refractivity contribution in [1.29, 1.82) is 0 Å². The first kappa shape index (κ1) is 17.9. The van der Waals surface area contributed by atoms with Gasteiger partial charge in [-0.05, 0) is 26.2 Å². The van der Waals surface area contributed by atoms with Crippen molar-refractivity contribution in [3.63, 3.8) is 0 Å². The molecule has 4 nitrogen and oxygen atoms in total. The molecule has 7 heteroatoms. The maximum atomic E-state index is 13.3. The molecular formula is C16H20FN3OS2. The fourth-order valence-corrected chi connectivity index (χ4v) is 3.60. The standard InChI is InChI=1S/C16H20FN3OS2/c1-5-20(14(21)6-10(2)22-4)16-11(3)19-15(23-16)12-7-13(17)9-18-8-12/h7-10H,5-6H2,1-4H3. The van der Waals surface area contributed by atoms with Crippen molar-refractivity contribution < 1.29 is 9.18 Å². The average Bonchev–Trinajstić information content (AvgIpc) is 2.90. The molecule has 0 aliphatic rings. The molecule has 2 heterocycles. The lowest BCUT2D eigenvalue weighted by Crippen LogP contribution is -2.32. The largest absolute Gasteiger partial charge is 0.302 e. The zero-order valence-corrected chi connectivity index (χ0v) is 15.3. The number of anilines is 1. The molecule has 2 aromatic rings. The van der Waals surface area contributed by atoms with Gasteiger partial charge >= 0.3 is 0 Å². The number of hydrogen-bond acceptors (Lipinski definition) is 5. The van der Waals surface area contributed by atoms with Gasteiger partial charge in [0.1, 0.15) is 15.8 Å². The fourth-order valence-electron chi connectivity index (χ4n) is 2.16. The van der Waals surface area contributed by atoms with E-state index >= 15 is 0 Å². The normalized spacial score (nSPS) is 12.2. The Balaban J connectivity index is 2.30. The Kier molecular flexibility index (Phi) is 6.12. The molecule has 0 spiro atoms. The lowest BCUT2D eigenvalue weighted by atomic mass is 10.3. The lowest BCUT2D eigenvalue weighted by molar-refractivity contribution is -0.118. The van der Waals surface area contributed by atoms with Crippen molar-refractivity contribution in [1.82, 2.24) is 9.97 Å². The Morgan fingerprint density at radius 1 is 1.48 bits per heavy atom. The van der Waals surface area contributed by atoms with Gasteiger partial charge in [0.25, 0.3) is 0 Å². The number of aromatic nitrogens is 2. The Bertz CT molecular complexity index is 690. The number of aryl methyl sites for hydroxylation is 1. The van der Waals surface area contributed by atoms with E-state index in [1.165, 1.54) is 17.4 Å². The highest BCUT2D eigenvalue weighted by atomic mass is 32.2. The van der Waals surface area contributed by atoms with Gasteiger partial charge in [-0.1, -0.05) is 18.3 Å². The minimum atomic E-state index is -0.394. The molecule has 0 aliphatic heterocycles. The van der Waals surface area contributed by atoms with Gasteiger partial charge < -0.3 is 4.90 Å². The Morgan fingerprint density at radius 3 is 2.83 bits per heavy atom. The lowest BCUT2D eigenvalue weighted by Gasteiger charge is -2.21. The van der Waals surface area contributed by atoms with E-state index in [9.17, 15) is 9.18 Å². The molecule has 0 N–H and O–H groups in total. The second-order valence-electron chi connectivity index (χ2n) is 5.19. The SMILES string of the molecule is CCN(C(=O)CC(C)SC)c1sc(-c2cncc(F)c2)nc1C. The van der Waals surface area contributed by atoms with Crippen LogP contribution in [-0.2, 0) is 4.79 Å². The predicted octanol–water partition coefficient (Wildman–Crippen LogP) is 4.15. The number of carbonyl (C=O) groups is 1. The van der Waals surface area contributed by atoms with E-state index in [0.717, 1.165) is 16.9 Å². The fraction of sp³-hybridized carbons (Fsp3) is 0.438. The number of halogens is 1. The number of hydrogen-bond donors (Lipinski definition) is 0. The van der Waals surface area contributed by atoms with Crippen LogP contribution in [0.25, 0.3) is 10.6 Å². The van der Waals surface area contributed by atoms with Gasteiger partial charge in [0.2, 0.25) is 5.91 Å². The minimum Gasteiger partial charge on any atom is -0.302 e. The average molecular weight is 353 g/mol.